The number of nitrogens with zero attached hydrogens (tertiary/aromatic N) is 6. The van der Waals surface area contributed by atoms with Crippen LogP contribution in [-0.4, -0.2) is 18.3 Å². The first-order valence-electron chi connectivity index (χ1n) is 22.8. The van der Waals surface area contributed by atoms with Crippen molar-refractivity contribution in [1.29, 1.82) is 10.5 Å². The van der Waals surface area contributed by atoms with Crippen molar-refractivity contribution in [2.75, 3.05) is 0 Å². The summed E-state index contributed by atoms with van der Waals surface area (Å²) in [6.45, 7) is 0. The number of benzene rings is 10. The van der Waals surface area contributed by atoms with Crippen LogP contribution in [0.4, 0.5) is 0 Å². The van der Waals surface area contributed by atoms with Crippen LogP contribution in [-0.2, 0) is 0 Å². The third kappa shape index (κ3) is 5.20. The van der Waals surface area contributed by atoms with Crippen molar-refractivity contribution < 1.29 is 0 Å². The Labute approximate surface area is 389 Å². The van der Waals surface area contributed by atoms with E-state index >= 15 is 0 Å². The molecule has 314 valence electrons. The fourth-order valence-electron chi connectivity index (χ4n) is 11.2. The highest BCUT2D eigenvalue weighted by molar-refractivity contribution is 6.28. The van der Waals surface area contributed by atoms with Gasteiger partial charge in [0.2, 0.25) is 0 Å². The molecule has 0 aliphatic heterocycles. The smallest absolute Gasteiger partial charge is 0.104 e. The Morgan fingerprint density at radius 2 is 0.691 bits per heavy atom. The second-order valence-electron chi connectivity index (χ2n) is 17.5. The topological polar surface area (TPSA) is 67.3 Å². The van der Waals surface area contributed by atoms with Gasteiger partial charge in [0, 0.05) is 54.5 Å². The van der Waals surface area contributed by atoms with E-state index < -0.39 is 0 Å². The standard InChI is InChI=1S/C62H36N6/c63-37-39-27-29-40(30-28-39)41-35-57(67-51-23-11-7-19-44(51)46-31-33-55-59(61(46)67)48-21-9-13-25-53(48)65(55)42-15-3-1-4-16-42)50(38-64)58(36-41)68-52-24-12-8-20-45(52)47-32-34-56-60(62(47)68)49-22-10-14-26-54(49)66(56)43-17-5-2-6-18-43/h1-36H. The van der Waals surface area contributed by atoms with Crippen molar-refractivity contribution >= 4 is 87.2 Å². The lowest BCUT2D eigenvalue weighted by Gasteiger charge is -2.19. The Kier molecular flexibility index (Phi) is 8.01. The van der Waals surface area contributed by atoms with E-state index in [-0.39, 0.29) is 0 Å². The lowest BCUT2D eigenvalue weighted by Crippen LogP contribution is -2.05. The zero-order valence-electron chi connectivity index (χ0n) is 36.5. The molecular weight excluding hydrogens is 829 g/mol. The van der Waals surface area contributed by atoms with Crippen LogP contribution in [0.25, 0.3) is 121 Å². The van der Waals surface area contributed by atoms with E-state index in [1.807, 2.05) is 24.3 Å². The largest absolute Gasteiger partial charge is 0.309 e. The maximum atomic E-state index is 12.0. The predicted molar refractivity (Wildman–Crippen MR) is 279 cm³/mol. The van der Waals surface area contributed by atoms with Crippen molar-refractivity contribution in [2.45, 2.75) is 0 Å². The molecule has 0 spiro atoms. The molecule has 0 amide bonds. The van der Waals surface area contributed by atoms with Gasteiger partial charge < -0.3 is 18.3 Å². The molecule has 4 aromatic heterocycles. The Morgan fingerprint density at radius 3 is 1.12 bits per heavy atom. The van der Waals surface area contributed by atoms with E-state index in [4.69, 9.17) is 0 Å². The molecule has 14 rings (SSSR count). The van der Waals surface area contributed by atoms with Crippen LogP contribution < -0.4 is 0 Å². The fraction of sp³-hybridized carbons (Fsp3) is 0. The van der Waals surface area contributed by atoms with Gasteiger partial charge in [-0.2, -0.15) is 10.5 Å². The van der Waals surface area contributed by atoms with Crippen molar-refractivity contribution in [1.82, 2.24) is 18.3 Å². The maximum Gasteiger partial charge on any atom is 0.104 e. The molecule has 0 atom stereocenters. The van der Waals surface area contributed by atoms with Gasteiger partial charge >= 0.3 is 0 Å². The van der Waals surface area contributed by atoms with Gasteiger partial charge in [0.25, 0.3) is 0 Å². The van der Waals surface area contributed by atoms with E-state index in [1.54, 1.807) is 0 Å². The van der Waals surface area contributed by atoms with Crippen LogP contribution in [0.15, 0.2) is 218 Å². The molecule has 10 aromatic carbocycles. The number of fused-ring (bicyclic) bond motifs is 14. The summed E-state index contributed by atoms with van der Waals surface area (Å²) in [6.07, 6.45) is 0. The molecule has 6 heteroatoms. The summed E-state index contributed by atoms with van der Waals surface area (Å²) in [4.78, 5) is 0. The van der Waals surface area contributed by atoms with Crippen LogP contribution in [0.5, 0.6) is 0 Å². The first-order chi connectivity index (χ1) is 33.7. The Morgan fingerprint density at radius 1 is 0.294 bits per heavy atom. The highest BCUT2D eigenvalue weighted by Crippen LogP contribution is 2.46. The lowest BCUT2D eigenvalue weighted by atomic mass is 9.99. The average Bonchev–Trinajstić information content (AvgIpc) is 4.14. The van der Waals surface area contributed by atoms with Crippen LogP contribution in [0.3, 0.4) is 0 Å². The highest BCUT2D eigenvalue weighted by atomic mass is 15.0. The summed E-state index contributed by atoms with van der Waals surface area (Å²) in [5.74, 6) is 0. The lowest BCUT2D eigenvalue weighted by molar-refractivity contribution is 1.12. The van der Waals surface area contributed by atoms with Gasteiger partial charge in [-0.1, -0.05) is 133 Å². The summed E-state index contributed by atoms with van der Waals surface area (Å²) < 4.78 is 9.39. The second kappa shape index (κ2) is 14.4. The van der Waals surface area contributed by atoms with Crippen LogP contribution in [0.1, 0.15) is 11.1 Å². The molecule has 0 N–H and O–H groups in total. The Balaban J connectivity index is 1.19. The van der Waals surface area contributed by atoms with Crippen molar-refractivity contribution in [3.8, 4) is 46.0 Å². The van der Waals surface area contributed by atoms with Gasteiger partial charge in [0.05, 0.1) is 67.1 Å². The van der Waals surface area contributed by atoms with Crippen molar-refractivity contribution in [3.63, 3.8) is 0 Å². The Bertz CT molecular complexity index is 4240. The van der Waals surface area contributed by atoms with E-state index in [0.29, 0.717) is 11.1 Å². The maximum absolute atomic E-state index is 12.0. The van der Waals surface area contributed by atoms with E-state index in [2.05, 4.69) is 225 Å². The number of aromatic nitrogens is 4. The molecule has 6 nitrogen and oxygen atoms in total. The third-order valence-corrected chi connectivity index (χ3v) is 14.0. The molecule has 0 aliphatic rings. The fourth-order valence-corrected chi connectivity index (χ4v) is 11.2. The summed E-state index contributed by atoms with van der Waals surface area (Å²) in [7, 11) is 0. The van der Waals surface area contributed by atoms with Crippen LogP contribution in [0, 0.1) is 22.7 Å². The number of nitriles is 2. The van der Waals surface area contributed by atoms with E-state index in [1.165, 1.54) is 0 Å². The molecule has 0 radical (unpaired) electrons. The molecule has 14 aromatic rings. The van der Waals surface area contributed by atoms with E-state index in [9.17, 15) is 10.5 Å². The second-order valence-corrected chi connectivity index (χ2v) is 17.5. The Hall–Kier alpha value is -9.62. The van der Waals surface area contributed by atoms with Crippen molar-refractivity contribution in [2.24, 2.45) is 0 Å². The van der Waals surface area contributed by atoms with Gasteiger partial charge in [-0.05, 0) is 96.1 Å². The number of hydrogen-bond donors (Lipinski definition) is 0. The molecule has 0 bridgehead atoms. The quantitative estimate of drug-likeness (QED) is 0.173. The van der Waals surface area contributed by atoms with Crippen molar-refractivity contribution in [3.05, 3.63) is 230 Å². The summed E-state index contributed by atoms with van der Waals surface area (Å²) in [6, 6.07) is 81.8. The molecule has 0 saturated carbocycles. The molecule has 68 heavy (non-hydrogen) atoms. The molecular formula is C62H36N6. The first kappa shape index (κ1) is 37.7. The normalized spacial score (nSPS) is 11.8. The van der Waals surface area contributed by atoms with Gasteiger partial charge in [0.1, 0.15) is 11.6 Å². The zero-order chi connectivity index (χ0) is 45.0. The SMILES string of the molecule is N#Cc1ccc(-c2cc(-n3c4ccccc4c4ccc5c(c6ccccc6n5-c5ccccc5)c43)c(C#N)c(-n3c4ccccc4c4ccc5c(c6ccccc6n5-c5ccccc5)c43)c2)cc1. The summed E-state index contributed by atoms with van der Waals surface area (Å²) in [5.41, 5.74) is 15.1. The van der Waals surface area contributed by atoms with Gasteiger partial charge in [-0.25, -0.2) is 0 Å². The van der Waals surface area contributed by atoms with Gasteiger partial charge in [-0.15, -0.1) is 0 Å². The van der Waals surface area contributed by atoms with Crippen LogP contribution >= 0.6 is 0 Å². The molecule has 0 unspecified atom stereocenters. The summed E-state index contributed by atoms with van der Waals surface area (Å²) in [5, 5.41) is 30.7. The van der Waals surface area contributed by atoms with E-state index in [0.717, 1.165) is 121 Å². The number of rotatable bonds is 5. The minimum atomic E-state index is 0.542. The molecule has 0 aliphatic carbocycles. The zero-order valence-corrected chi connectivity index (χ0v) is 36.5. The molecule has 4 heterocycles. The molecule has 0 saturated heterocycles. The number of para-hydroxylation sites is 6. The highest BCUT2D eigenvalue weighted by Gasteiger charge is 2.27. The van der Waals surface area contributed by atoms with Crippen LogP contribution in [0.2, 0.25) is 0 Å². The number of hydrogen-bond acceptors (Lipinski definition) is 2. The average molecular weight is 865 g/mol. The molecule has 0 fully saturated rings. The minimum Gasteiger partial charge on any atom is -0.309 e. The predicted octanol–water partition coefficient (Wildman–Crippen LogP) is 15.5. The van der Waals surface area contributed by atoms with Gasteiger partial charge in [-0.3, -0.25) is 0 Å². The monoisotopic (exact) mass is 864 g/mol. The first-order valence-corrected chi connectivity index (χ1v) is 22.8. The summed E-state index contributed by atoms with van der Waals surface area (Å²) >= 11 is 0. The van der Waals surface area contributed by atoms with Gasteiger partial charge in [0.15, 0.2) is 0 Å². The third-order valence-electron chi connectivity index (χ3n) is 14.0. The minimum absolute atomic E-state index is 0.542.